The summed E-state index contributed by atoms with van der Waals surface area (Å²) in [7, 11) is 4.16. The standard InChI is InChI=1S/C8H14BO.C7H13BN3O2/c1-9-8-3-2-7(6-8)4-5-10;1-8-7-4-5(10-11-9)6(13-7)2-3-12/h2-3,7-8,10H,4-6H2,1H3;5-7,12H,2-4H2,1H3/t7-,8-;5?,6-,7-/m01/s1. The maximum atomic E-state index is 8.75. The van der Waals surface area contributed by atoms with Crippen molar-refractivity contribution in [2.75, 3.05) is 13.2 Å². The lowest BCUT2D eigenvalue weighted by Gasteiger charge is -2.12. The largest absolute Gasteiger partial charge is 0.396 e. The molecule has 2 aliphatic rings. The number of azide groups is 1. The van der Waals surface area contributed by atoms with E-state index in [-0.39, 0.29) is 24.8 Å². The van der Waals surface area contributed by atoms with Crippen molar-refractivity contribution in [3.8, 4) is 0 Å². The lowest BCUT2D eigenvalue weighted by atomic mass is 9.66. The van der Waals surface area contributed by atoms with Gasteiger partial charge >= 0.3 is 0 Å². The summed E-state index contributed by atoms with van der Waals surface area (Å²) in [5.74, 6) is 1.29. The highest BCUT2D eigenvalue weighted by Crippen LogP contribution is 2.29. The van der Waals surface area contributed by atoms with E-state index in [1.165, 1.54) is 6.42 Å². The molecule has 5 atom stereocenters. The maximum absolute atomic E-state index is 8.75. The van der Waals surface area contributed by atoms with Crippen LogP contribution in [0.4, 0.5) is 0 Å². The molecular formula is C15H27B2N3O3. The maximum Gasteiger partial charge on any atom is 0.146 e. The minimum atomic E-state index is -0.127. The van der Waals surface area contributed by atoms with E-state index < -0.39 is 0 Å². The molecule has 0 aromatic rings. The summed E-state index contributed by atoms with van der Waals surface area (Å²) in [5, 5.41) is 21.0. The Morgan fingerprint density at radius 3 is 2.43 bits per heavy atom. The fourth-order valence-corrected chi connectivity index (χ4v) is 2.98. The summed E-state index contributed by atoms with van der Waals surface area (Å²) < 4.78 is 5.54. The Balaban J connectivity index is 0.000000238. The third-order valence-electron chi connectivity index (χ3n) is 4.37. The third-order valence-corrected chi connectivity index (χ3v) is 4.37. The fraction of sp³-hybridized carbons (Fsp3) is 0.867. The van der Waals surface area contributed by atoms with Crippen molar-refractivity contribution in [1.82, 2.24) is 0 Å². The van der Waals surface area contributed by atoms with Crippen LogP contribution >= 0.6 is 0 Å². The van der Waals surface area contributed by atoms with Crippen LogP contribution in [0.5, 0.6) is 0 Å². The molecular weight excluding hydrogens is 292 g/mol. The minimum absolute atomic E-state index is 0.0621. The summed E-state index contributed by atoms with van der Waals surface area (Å²) in [6, 6.07) is -0.0644. The summed E-state index contributed by atoms with van der Waals surface area (Å²) in [6.07, 6.45) is 7.74. The smallest absolute Gasteiger partial charge is 0.146 e. The van der Waals surface area contributed by atoms with Crippen LogP contribution in [-0.2, 0) is 4.74 Å². The van der Waals surface area contributed by atoms with E-state index in [4.69, 9.17) is 20.5 Å². The van der Waals surface area contributed by atoms with Gasteiger partial charge < -0.3 is 14.9 Å². The normalized spacial score (nSPS) is 31.9. The molecule has 0 aromatic carbocycles. The molecule has 1 aliphatic carbocycles. The first kappa shape index (κ1) is 20.1. The first-order valence-electron chi connectivity index (χ1n) is 8.37. The molecule has 23 heavy (non-hydrogen) atoms. The van der Waals surface area contributed by atoms with Crippen molar-refractivity contribution in [2.24, 2.45) is 11.0 Å². The second-order valence-corrected chi connectivity index (χ2v) is 5.96. The Kier molecular flexibility index (Phi) is 10.1. The average molecular weight is 319 g/mol. The van der Waals surface area contributed by atoms with Gasteiger partial charge in [0.05, 0.1) is 12.1 Å². The average Bonchev–Trinajstić information content (AvgIpc) is 3.16. The molecule has 2 N–H and O–H groups in total. The Hall–Kier alpha value is -0.940. The number of aliphatic hydroxyl groups excluding tert-OH is 2. The number of allylic oxidation sites excluding steroid dienone is 2. The van der Waals surface area contributed by atoms with Gasteiger partial charge in [0, 0.05) is 24.1 Å². The first-order chi connectivity index (χ1) is 11.2. The zero-order valence-electron chi connectivity index (χ0n) is 14.1. The van der Waals surface area contributed by atoms with Crippen molar-refractivity contribution >= 4 is 14.6 Å². The van der Waals surface area contributed by atoms with E-state index in [2.05, 4.69) is 36.3 Å². The molecule has 0 aromatic heterocycles. The molecule has 1 fully saturated rings. The van der Waals surface area contributed by atoms with E-state index >= 15 is 0 Å². The van der Waals surface area contributed by atoms with Crippen molar-refractivity contribution in [3.05, 3.63) is 22.6 Å². The fourth-order valence-electron chi connectivity index (χ4n) is 2.98. The van der Waals surface area contributed by atoms with Gasteiger partial charge in [-0.05, 0) is 37.1 Å². The van der Waals surface area contributed by atoms with Crippen LogP contribution in [0.2, 0.25) is 19.5 Å². The third kappa shape index (κ3) is 7.00. The molecule has 0 amide bonds. The number of nitrogens with zero attached hydrogens (tertiary/aromatic N) is 3. The Bertz CT molecular complexity index is 405. The van der Waals surface area contributed by atoms with Crippen LogP contribution in [0.1, 0.15) is 25.7 Å². The molecule has 1 saturated heterocycles. The van der Waals surface area contributed by atoms with E-state index in [1.807, 2.05) is 14.1 Å². The van der Waals surface area contributed by atoms with Gasteiger partial charge in [0.15, 0.2) is 0 Å². The molecule has 2 rings (SSSR count). The summed E-state index contributed by atoms with van der Waals surface area (Å²) in [4.78, 5) is 2.77. The Labute approximate surface area is 140 Å². The van der Waals surface area contributed by atoms with Crippen LogP contribution < -0.4 is 0 Å². The van der Waals surface area contributed by atoms with Gasteiger partial charge in [0.2, 0.25) is 0 Å². The van der Waals surface area contributed by atoms with Crippen molar-refractivity contribution in [3.63, 3.8) is 0 Å². The molecule has 6 nitrogen and oxygen atoms in total. The lowest BCUT2D eigenvalue weighted by Crippen LogP contribution is -2.20. The molecule has 1 unspecified atom stereocenters. The molecule has 8 heteroatoms. The second kappa shape index (κ2) is 11.6. The van der Waals surface area contributed by atoms with Gasteiger partial charge in [-0.25, -0.2) is 0 Å². The highest BCUT2D eigenvalue weighted by molar-refractivity contribution is 6.36. The van der Waals surface area contributed by atoms with Gasteiger partial charge in [0.25, 0.3) is 0 Å². The molecule has 2 radical (unpaired) electrons. The molecule has 0 spiro atoms. The van der Waals surface area contributed by atoms with E-state index in [0.717, 1.165) is 12.8 Å². The van der Waals surface area contributed by atoms with Gasteiger partial charge in [0.1, 0.15) is 14.6 Å². The Morgan fingerprint density at radius 2 is 1.91 bits per heavy atom. The highest BCUT2D eigenvalue weighted by atomic mass is 16.5. The van der Waals surface area contributed by atoms with E-state index in [9.17, 15) is 0 Å². The van der Waals surface area contributed by atoms with Gasteiger partial charge in [-0.3, -0.25) is 0 Å². The van der Waals surface area contributed by atoms with Gasteiger partial charge in [-0.2, -0.15) is 0 Å². The van der Waals surface area contributed by atoms with Crippen LogP contribution in [0.25, 0.3) is 10.4 Å². The lowest BCUT2D eigenvalue weighted by molar-refractivity contribution is 0.0614. The topological polar surface area (TPSA) is 98.5 Å². The van der Waals surface area contributed by atoms with E-state index in [0.29, 0.717) is 24.8 Å². The first-order valence-corrected chi connectivity index (χ1v) is 8.37. The predicted octanol–water partition coefficient (Wildman–Crippen LogP) is 2.40. The van der Waals surface area contributed by atoms with E-state index in [1.54, 1.807) is 0 Å². The predicted molar refractivity (Wildman–Crippen MR) is 93.9 cm³/mol. The van der Waals surface area contributed by atoms with Crippen LogP contribution in [-0.4, -0.2) is 56.1 Å². The number of ether oxygens (including phenoxy) is 1. The number of hydrogen-bond donors (Lipinski definition) is 2. The summed E-state index contributed by atoms with van der Waals surface area (Å²) in [6.45, 7) is 4.40. The Morgan fingerprint density at radius 1 is 1.17 bits per heavy atom. The van der Waals surface area contributed by atoms with Crippen LogP contribution in [0.15, 0.2) is 17.3 Å². The SMILES string of the molecule is C[B][C@H]1C=C[C@@H](CCO)C1.C[B][C@H]1CC(N=[N+]=[N-])[C@@H](CCO)O1. The zero-order valence-corrected chi connectivity index (χ0v) is 14.1. The van der Waals surface area contributed by atoms with Gasteiger partial charge in [-0.15, -0.1) is 0 Å². The van der Waals surface area contributed by atoms with Crippen molar-refractivity contribution < 1.29 is 14.9 Å². The summed E-state index contributed by atoms with van der Waals surface area (Å²) in [5.41, 5.74) is 8.30. The number of rotatable bonds is 7. The molecule has 126 valence electrons. The number of hydrogen-bond acceptors (Lipinski definition) is 4. The molecule has 1 aliphatic heterocycles. The van der Waals surface area contributed by atoms with Crippen LogP contribution in [0, 0.1) is 5.92 Å². The highest BCUT2D eigenvalue weighted by Gasteiger charge is 2.32. The number of aliphatic hydroxyl groups is 2. The zero-order chi connectivity index (χ0) is 17.1. The molecule has 0 bridgehead atoms. The monoisotopic (exact) mass is 319 g/mol. The van der Waals surface area contributed by atoms with Gasteiger partial charge in [-0.1, -0.05) is 36.7 Å². The van der Waals surface area contributed by atoms with Crippen molar-refractivity contribution in [1.29, 1.82) is 0 Å². The molecule has 1 heterocycles. The second-order valence-electron chi connectivity index (χ2n) is 5.96. The molecule has 0 saturated carbocycles. The van der Waals surface area contributed by atoms with Crippen LogP contribution in [0.3, 0.4) is 0 Å². The van der Waals surface area contributed by atoms with Crippen molar-refractivity contribution in [2.45, 2.75) is 63.3 Å². The summed E-state index contributed by atoms with van der Waals surface area (Å²) >= 11 is 0. The quantitative estimate of drug-likeness (QED) is 0.248. The minimum Gasteiger partial charge on any atom is -0.396 e.